The van der Waals surface area contributed by atoms with Crippen molar-refractivity contribution in [2.75, 3.05) is 6.61 Å². The minimum absolute atomic E-state index is 0.105. The molecular weight excluding hydrogens is 336 g/mol. The van der Waals surface area contributed by atoms with E-state index in [1.165, 1.54) is 6.92 Å². The number of alkyl halides is 6. The van der Waals surface area contributed by atoms with Crippen molar-refractivity contribution in [3.05, 3.63) is 27.6 Å². The molecule has 0 saturated carbocycles. The lowest BCUT2D eigenvalue weighted by Crippen LogP contribution is -2.10. The number of hydrogen-bond donors (Lipinski definition) is 1. The van der Waals surface area contributed by atoms with Gasteiger partial charge < -0.3 is 9.72 Å². The molecule has 0 aliphatic rings. The number of rotatable bonds is 3. The second kappa shape index (κ2) is 5.28. The highest BCUT2D eigenvalue weighted by atomic mass is 19.4. The standard InChI is InChI=1S/C11H7F6N3O3/c1-2-23-8-4(10(12,13)14)3-5(20(21)22)6-7(8)19-9(18-6)11(15,16)17/h3H,2H2,1H3,(H,18,19). The van der Waals surface area contributed by atoms with Gasteiger partial charge in [-0.1, -0.05) is 0 Å². The van der Waals surface area contributed by atoms with E-state index >= 15 is 0 Å². The zero-order valence-corrected chi connectivity index (χ0v) is 11.2. The number of nitrogens with zero attached hydrogens (tertiary/aromatic N) is 2. The van der Waals surface area contributed by atoms with E-state index in [1.807, 2.05) is 0 Å². The second-order valence-corrected chi connectivity index (χ2v) is 4.27. The molecule has 0 fully saturated rings. The number of nitrogens with one attached hydrogen (secondary N) is 1. The normalized spacial score (nSPS) is 12.7. The molecule has 1 N–H and O–H groups in total. The Morgan fingerprint density at radius 2 is 1.87 bits per heavy atom. The van der Waals surface area contributed by atoms with Gasteiger partial charge in [-0.3, -0.25) is 10.1 Å². The van der Waals surface area contributed by atoms with Crippen molar-refractivity contribution in [2.45, 2.75) is 19.3 Å². The Morgan fingerprint density at radius 3 is 2.30 bits per heavy atom. The summed E-state index contributed by atoms with van der Waals surface area (Å²) in [5.41, 5.74) is -4.46. The van der Waals surface area contributed by atoms with Gasteiger partial charge in [-0.05, 0) is 6.92 Å². The molecule has 2 aromatic rings. The topological polar surface area (TPSA) is 81.1 Å². The summed E-state index contributed by atoms with van der Waals surface area (Å²) < 4.78 is 81.9. The van der Waals surface area contributed by atoms with Gasteiger partial charge in [0.05, 0.1) is 11.5 Å². The van der Waals surface area contributed by atoms with E-state index in [0.717, 1.165) is 0 Å². The van der Waals surface area contributed by atoms with Crippen LogP contribution in [0.2, 0.25) is 0 Å². The summed E-state index contributed by atoms with van der Waals surface area (Å²) in [6.07, 6.45) is -10.1. The van der Waals surface area contributed by atoms with Crippen molar-refractivity contribution in [1.29, 1.82) is 0 Å². The Morgan fingerprint density at radius 1 is 1.26 bits per heavy atom. The molecule has 1 heterocycles. The third kappa shape index (κ3) is 3.00. The number of halogens is 6. The van der Waals surface area contributed by atoms with E-state index in [4.69, 9.17) is 4.74 Å². The van der Waals surface area contributed by atoms with Gasteiger partial charge in [0.2, 0.25) is 5.82 Å². The van der Waals surface area contributed by atoms with Gasteiger partial charge in [0.25, 0.3) is 5.69 Å². The first-order chi connectivity index (χ1) is 10.5. The molecule has 0 atom stereocenters. The average Bonchev–Trinajstić information content (AvgIpc) is 2.82. The molecule has 6 nitrogen and oxygen atoms in total. The molecule has 1 aromatic heterocycles. The molecule has 2 rings (SSSR count). The van der Waals surface area contributed by atoms with E-state index in [9.17, 15) is 36.5 Å². The number of non-ortho nitro benzene ring substituents is 1. The second-order valence-electron chi connectivity index (χ2n) is 4.27. The SMILES string of the molecule is CCOc1c(C(F)(F)F)cc([N+](=O)[O-])c2nc(C(F)(F)F)[nH]c12. The van der Waals surface area contributed by atoms with Crippen molar-refractivity contribution >= 4 is 16.7 Å². The summed E-state index contributed by atoms with van der Waals surface area (Å²) in [4.78, 5) is 14.3. The largest absolute Gasteiger partial charge is 0.491 e. The van der Waals surface area contributed by atoms with Crippen LogP contribution < -0.4 is 4.74 Å². The third-order valence-electron chi connectivity index (χ3n) is 2.76. The number of benzene rings is 1. The van der Waals surface area contributed by atoms with Gasteiger partial charge in [0.15, 0.2) is 11.3 Å². The number of nitro benzene ring substituents is 1. The zero-order chi connectivity index (χ0) is 17.6. The highest BCUT2D eigenvalue weighted by Crippen LogP contribution is 2.44. The van der Waals surface area contributed by atoms with E-state index in [2.05, 4.69) is 4.98 Å². The minimum Gasteiger partial charge on any atom is -0.491 e. The van der Waals surface area contributed by atoms with Crippen molar-refractivity contribution < 1.29 is 36.0 Å². The average molecular weight is 343 g/mol. The smallest absolute Gasteiger partial charge is 0.449 e. The number of H-pyrrole nitrogens is 1. The van der Waals surface area contributed by atoms with Crippen LogP contribution in [-0.4, -0.2) is 21.5 Å². The molecule has 0 aliphatic carbocycles. The van der Waals surface area contributed by atoms with Crippen LogP contribution in [0.3, 0.4) is 0 Å². The fourth-order valence-electron chi connectivity index (χ4n) is 1.91. The molecule has 0 amide bonds. The van der Waals surface area contributed by atoms with Crippen molar-refractivity contribution in [1.82, 2.24) is 9.97 Å². The Labute approximate surface area is 123 Å². The first-order valence-electron chi connectivity index (χ1n) is 5.95. The molecule has 0 aliphatic heterocycles. The summed E-state index contributed by atoms with van der Waals surface area (Å²) in [5.74, 6) is -2.63. The van der Waals surface area contributed by atoms with Crippen molar-refractivity contribution in [2.24, 2.45) is 0 Å². The van der Waals surface area contributed by atoms with E-state index in [0.29, 0.717) is 0 Å². The molecule has 1 aromatic carbocycles. The summed E-state index contributed by atoms with van der Waals surface area (Å²) in [6.45, 7) is 1.02. The molecule has 0 spiro atoms. The number of aromatic amines is 1. The minimum atomic E-state index is -5.06. The predicted octanol–water partition coefficient (Wildman–Crippen LogP) is 3.91. The molecule has 12 heteroatoms. The van der Waals surface area contributed by atoms with Gasteiger partial charge in [-0.2, -0.15) is 26.3 Å². The van der Waals surface area contributed by atoms with Crippen LogP contribution in [0.1, 0.15) is 18.3 Å². The maximum atomic E-state index is 13.0. The molecule has 23 heavy (non-hydrogen) atoms. The van der Waals surface area contributed by atoms with Crippen LogP contribution in [0.4, 0.5) is 32.0 Å². The number of hydrogen-bond acceptors (Lipinski definition) is 4. The van der Waals surface area contributed by atoms with Crippen LogP contribution >= 0.6 is 0 Å². The van der Waals surface area contributed by atoms with E-state index < -0.39 is 51.1 Å². The van der Waals surface area contributed by atoms with Crippen molar-refractivity contribution in [3.63, 3.8) is 0 Å². The van der Waals surface area contributed by atoms with Gasteiger partial charge >= 0.3 is 12.4 Å². The Hall–Kier alpha value is -2.53. The first kappa shape index (κ1) is 16.8. The van der Waals surface area contributed by atoms with Gasteiger partial charge in [0, 0.05) is 6.07 Å². The quantitative estimate of drug-likeness (QED) is 0.520. The lowest BCUT2D eigenvalue weighted by atomic mass is 10.1. The Balaban J connectivity index is 2.93. The predicted molar refractivity (Wildman–Crippen MR) is 63.9 cm³/mol. The Bertz CT molecular complexity index is 765. The van der Waals surface area contributed by atoms with Gasteiger partial charge in [0.1, 0.15) is 11.1 Å². The summed E-state index contributed by atoms with van der Waals surface area (Å²) in [5, 5.41) is 10.9. The molecular formula is C11H7F6N3O3. The number of nitro groups is 1. The summed E-state index contributed by atoms with van der Waals surface area (Å²) in [6, 6.07) is 0.105. The fraction of sp³-hybridized carbons (Fsp3) is 0.364. The molecule has 0 unspecified atom stereocenters. The molecule has 0 saturated heterocycles. The van der Waals surface area contributed by atoms with E-state index in [-0.39, 0.29) is 12.7 Å². The van der Waals surface area contributed by atoms with Crippen LogP contribution in [-0.2, 0) is 12.4 Å². The number of fused-ring (bicyclic) bond motifs is 1. The number of ether oxygens (including phenoxy) is 1. The molecule has 0 radical (unpaired) electrons. The highest BCUT2D eigenvalue weighted by Gasteiger charge is 2.41. The molecule has 0 bridgehead atoms. The third-order valence-corrected chi connectivity index (χ3v) is 2.76. The highest BCUT2D eigenvalue weighted by molar-refractivity contribution is 5.91. The van der Waals surface area contributed by atoms with Gasteiger partial charge in [-0.15, -0.1) is 0 Å². The number of imidazole rings is 1. The molecule has 126 valence electrons. The maximum Gasteiger partial charge on any atom is 0.449 e. The zero-order valence-electron chi connectivity index (χ0n) is 11.2. The first-order valence-corrected chi connectivity index (χ1v) is 5.95. The fourth-order valence-corrected chi connectivity index (χ4v) is 1.91. The lowest BCUT2D eigenvalue weighted by Gasteiger charge is -2.13. The van der Waals surface area contributed by atoms with E-state index in [1.54, 1.807) is 4.98 Å². The Kier molecular flexibility index (Phi) is 3.86. The summed E-state index contributed by atoms with van der Waals surface area (Å²) >= 11 is 0. The lowest BCUT2D eigenvalue weighted by molar-refractivity contribution is -0.383. The number of aromatic nitrogens is 2. The van der Waals surface area contributed by atoms with Crippen molar-refractivity contribution in [3.8, 4) is 5.75 Å². The van der Waals surface area contributed by atoms with Crippen LogP contribution in [0, 0.1) is 10.1 Å². The van der Waals surface area contributed by atoms with Gasteiger partial charge in [-0.25, -0.2) is 4.98 Å². The van der Waals surface area contributed by atoms with Crippen LogP contribution in [0.15, 0.2) is 6.07 Å². The monoisotopic (exact) mass is 343 g/mol. The maximum absolute atomic E-state index is 13.0. The van der Waals surface area contributed by atoms with Crippen LogP contribution in [0.25, 0.3) is 11.0 Å². The van der Waals surface area contributed by atoms with Crippen LogP contribution in [0.5, 0.6) is 5.75 Å². The summed E-state index contributed by atoms with van der Waals surface area (Å²) in [7, 11) is 0.